The number of halogens is 1. The molecular formula is C18H22ClN3OS. The van der Waals surface area contributed by atoms with Crippen LogP contribution in [0.5, 0.6) is 0 Å². The summed E-state index contributed by atoms with van der Waals surface area (Å²) in [5.41, 5.74) is 2.16. The number of amides is 1. The van der Waals surface area contributed by atoms with Gasteiger partial charge in [-0.1, -0.05) is 23.7 Å². The molecule has 0 saturated carbocycles. The first-order chi connectivity index (χ1) is 11.7. The molecule has 1 aromatic carbocycles. The van der Waals surface area contributed by atoms with Crippen LogP contribution in [0.3, 0.4) is 0 Å². The van der Waals surface area contributed by atoms with Gasteiger partial charge in [0, 0.05) is 29.9 Å². The van der Waals surface area contributed by atoms with Crippen molar-refractivity contribution < 1.29 is 4.79 Å². The summed E-state index contributed by atoms with van der Waals surface area (Å²) in [6.07, 6.45) is 4.76. The molecular weight excluding hydrogens is 342 g/mol. The second-order valence-corrected chi connectivity index (χ2v) is 7.35. The van der Waals surface area contributed by atoms with Crippen LogP contribution in [0.2, 0.25) is 5.02 Å². The minimum absolute atomic E-state index is 0.0830. The van der Waals surface area contributed by atoms with Crippen molar-refractivity contribution >= 4 is 34.0 Å². The summed E-state index contributed by atoms with van der Waals surface area (Å²) in [6.45, 7) is 2.72. The number of thiazole rings is 1. The zero-order valence-electron chi connectivity index (χ0n) is 13.6. The molecule has 1 aliphatic rings. The highest BCUT2D eigenvalue weighted by molar-refractivity contribution is 7.13. The van der Waals surface area contributed by atoms with Crippen molar-refractivity contribution in [3.63, 3.8) is 0 Å². The van der Waals surface area contributed by atoms with E-state index in [0.717, 1.165) is 41.8 Å². The lowest BCUT2D eigenvalue weighted by Gasteiger charge is -2.12. The summed E-state index contributed by atoms with van der Waals surface area (Å²) >= 11 is 7.53. The predicted octanol–water partition coefficient (Wildman–Crippen LogP) is 4.04. The Morgan fingerprint density at radius 2 is 2.00 bits per heavy atom. The molecule has 6 heteroatoms. The Kier molecular flexibility index (Phi) is 6.10. The summed E-state index contributed by atoms with van der Waals surface area (Å²) in [5, 5.41) is 6.83. The van der Waals surface area contributed by atoms with E-state index in [1.165, 1.54) is 18.4 Å². The molecule has 0 aliphatic carbocycles. The smallest absolute Gasteiger partial charge is 0.220 e. The van der Waals surface area contributed by atoms with E-state index >= 15 is 0 Å². The molecule has 0 bridgehead atoms. The van der Waals surface area contributed by atoms with Crippen molar-refractivity contribution in [2.75, 3.05) is 18.0 Å². The summed E-state index contributed by atoms with van der Waals surface area (Å²) < 4.78 is 0. The van der Waals surface area contributed by atoms with Gasteiger partial charge < -0.3 is 10.2 Å². The van der Waals surface area contributed by atoms with Gasteiger partial charge in [0.1, 0.15) is 0 Å². The van der Waals surface area contributed by atoms with E-state index in [2.05, 4.69) is 15.2 Å². The fourth-order valence-electron chi connectivity index (χ4n) is 2.81. The van der Waals surface area contributed by atoms with E-state index < -0.39 is 0 Å². The van der Waals surface area contributed by atoms with E-state index in [4.69, 9.17) is 11.6 Å². The monoisotopic (exact) mass is 363 g/mol. The molecule has 1 saturated heterocycles. The van der Waals surface area contributed by atoms with Crippen LogP contribution in [-0.2, 0) is 17.8 Å². The average molecular weight is 364 g/mol. The van der Waals surface area contributed by atoms with Gasteiger partial charge in [0.05, 0.1) is 12.2 Å². The number of hydrogen-bond donors (Lipinski definition) is 1. The molecule has 3 rings (SSSR count). The maximum absolute atomic E-state index is 12.0. The van der Waals surface area contributed by atoms with Crippen LogP contribution in [-0.4, -0.2) is 24.0 Å². The lowest BCUT2D eigenvalue weighted by molar-refractivity contribution is -0.121. The molecule has 0 spiro atoms. The fraction of sp³-hybridized carbons (Fsp3) is 0.444. The molecule has 1 amide bonds. The first kappa shape index (κ1) is 17.2. The van der Waals surface area contributed by atoms with Gasteiger partial charge in [0.25, 0.3) is 0 Å². The second kappa shape index (κ2) is 8.49. The normalized spacial score (nSPS) is 14.1. The average Bonchev–Trinajstić information content (AvgIpc) is 3.26. The van der Waals surface area contributed by atoms with Crippen LogP contribution < -0.4 is 10.2 Å². The number of carbonyl (C=O) groups is 1. The zero-order chi connectivity index (χ0) is 16.8. The number of aromatic nitrogens is 1. The van der Waals surface area contributed by atoms with Gasteiger partial charge in [-0.05, 0) is 43.4 Å². The SMILES string of the molecule is O=C(CCCc1ccc(Cl)cc1)NCc1csc(N2CCCC2)n1. The highest BCUT2D eigenvalue weighted by Crippen LogP contribution is 2.24. The highest BCUT2D eigenvalue weighted by atomic mass is 35.5. The summed E-state index contributed by atoms with van der Waals surface area (Å²) in [7, 11) is 0. The van der Waals surface area contributed by atoms with E-state index in [0.29, 0.717) is 13.0 Å². The van der Waals surface area contributed by atoms with Crippen molar-refractivity contribution in [3.05, 3.63) is 45.9 Å². The predicted molar refractivity (Wildman–Crippen MR) is 99.8 cm³/mol. The quantitative estimate of drug-likeness (QED) is 0.807. The largest absolute Gasteiger partial charge is 0.350 e. The van der Waals surface area contributed by atoms with Crippen LogP contribution in [0.25, 0.3) is 0 Å². The molecule has 4 nitrogen and oxygen atoms in total. The van der Waals surface area contributed by atoms with Crippen molar-refractivity contribution in [1.29, 1.82) is 0 Å². The minimum atomic E-state index is 0.0830. The molecule has 1 aliphatic heterocycles. The fourth-order valence-corrected chi connectivity index (χ4v) is 3.82. The second-order valence-electron chi connectivity index (χ2n) is 6.07. The van der Waals surface area contributed by atoms with Gasteiger partial charge in [-0.25, -0.2) is 4.98 Å². The topological polar surface area (TPSA) is 45.2 Å². The highest BCUT2D eigenvalue weighted by Gasteiger charge is 2.15. The zero-order valence-corrected chi connectivity index (χ0v) is 15.2. The Morgan fingerprint density at radius 3 is 2.75 bits per heavy atom. The standard InChI is InChI=1S/C18H22ClN3OS/c19-15-8-6-14(7-9-15)4-3-5-17(23)20-12-16-13-24-18(21-16)22-10-1-2-11-22/h6-9,13H,1-5,10-12H2,(H,20,23). The maximum atomic E-state index is 12.0. The first-order valence-corrected chi connectivity index (χ1v) is 9.67. The summed E-state index contributed by atoms with van der Waals surface area (Å²) in [5.74, 6) is 0.0830. The number of benzene rings is 1. The van der Waals surface area contributed by atoms with Gasteiger partial charge >= 0.3 is 0 Å². The van der Waals surface area contributed by atoms with Gasteiger partial charge in [0.15, 0.2) is 5.13 Å². The molecule has 24 heavy (non-hydrogen) atoms. The van der Waals surface area contributed by atoms with E-state index in [9.17, 15) is 4.79 Å². The van der Waals surface area contributed by atoms with Crippen molar-refractivity contribution in [1.82, 2.24) is 10.3 Å². The molecule has 0 radical (unpaired) electrons. The van der Waals surface area contributed by atoms with E-state index in [1.807, 2.05) is 29.6 Å². The molecule has 2 heterocycles. The van der Waals surface area contributed by atoms with Gasteiger partial charge in [-0.15, -0.1) is 11.3 Å². The Balaban J connectivity index is 1.37. The molecule has 1 N–H and O–H groups in total. The van der Waals surface area contributed by atoms with E-state index in [1.54, 1.807) is 11.3 Å². The molecule has 2 aromatic rings. The van der Waals surface area contributed by atoms with Crippen LogP contribution >= 0.6 is 22.9 Å². The number of hydrogen-bond acceptors (Lipinski definition) is 4. The number of aryl methyl sites for hydroxylation is 1. The molecule has 1 fully saturated rings. The van der Waals surface area contributed by atoms with Crippen LogP contribution in [0.1, 0.15) is 36.9 Å². The Hall–Kier alpha value is -1.59. The number of nitrogens with zero attached hydrogens (tertiary/aromatic N) is 2. The molecule has 0 unspecified atom stereocenters. The molecule has 128 valence electrons. The third-order valence-electron chi connectivity index (χ3n) is 4.17. The number of rotatable bonds is 7. The number of anilines is 1. The Labute approximate surface area is 151 Å². The third-order valence-corrected chi connectivity index (χ3v) is 5.37. The van der Waals surface area contributed by atoms with Gasteiger partial charge in [0.2, 0.25) is 5.91 Å². The maximum Gasteiger partial charge on any atom is 0.220 e. The van der Waals surface area contributed by atoms with Crippen LogP contribution in [0.15, 0.2) is 29.6 Å². The van der Waals surface area contributed by atoms with Crippen LogP contribution in [0, 0.1) is 0 Å². The lowest BCUT2D eigenvalue weighted by atomic mass is 10.1. The summed E-state index contributed by atoms with van der Waals surface area (Å²) in [6, 6.07) is 7.79. The third kappa shape index (κ3) is 4.95. The molecule has 1 aromatic heterocycles. The Bertz CT molecular complexity index is 665. The number of carbonyl (C=O) groups excluding carboxylic acids is 1. The van der Waals surface area contributed by atoms with E-state index in [-0.39, 0.29) is 5.91 Å². The van der Waals surface area contributed by atoms with Gasteiger partial charge in [-0.2, -0.15) is 0 Å². The van der Waals surface area contributed by atoms with Crippen LogP contribution in [0.4, 0.5) is 5.13 Å². The number of nitrogens with one attached hydrogen (secondary N) is 1. The van der Waals surface area contributed by atoms with Crippen molar-refractivity contribution in [3.8, 4) is 0 Å². The Morgan fingerprint density at radius 1 is 1.25 bits per heavy atom. The van der Waals surface area contributed by atoms with Crippen molar-refractivity contribution in [2.45, 2.75) is 38.6 Å². The first-order valence-electron chi connectivity index (χ1n) is 8.41. The molecule has 0 atom stereocenters. The van der Waals surface area contributed by atoms with Gasteiger partial charge in [-0.3, -0.25) is 4.79 Å². The minimum Gasteiger partial charge on any atom is -0.350 e. The summed E-state index contributed by atoms with van der Waals surface area (Å²) in [4.78, 5) is 18.9. The lowest BCUT2D eigenvalue weighted by Crippen LogP contribution is -2.23. The van der Waals surface area contributed by atoms with Crippen molar-refractivity contribution in [2.24, 2.45) is 0 Å².